The van der Waals surface area contributed by atoms with Gasteiger partial charge < -0.3 is 15.4 Å². The molecule has 2 rings (SSSR count). The number of rotatable bonds is 7. The summed E-state index contributed by atoms with van der Waals surface area (Å²) >= 11 is 0. The van der Waals surface area contributed by atoms with Crippen LogP contribution in [0.5, 0.6) is 0 Å². The van der Waals surface area contributed by atoms with E-state index in [2.05, 4.69) is 15.3 Å². The monoisotopic (exact) mass is 343 g/mol. The molecule has 0 saturated carbocycles. The van der Waals surface area contributed by atoms with Gasteiger partial charge in [-0.25, -0.2) is 4.79 Å². The first-order chi connectivity index (χ1) is 11.9. The first kappa shape index (κ1) is 18.9. The summed E-state index contributed by atoms with van der Waals surface area (Å²) in [5.41, 5.74) is 4.05. The van der Waals surface area contributed by atoms with Crippen LogP contribution >= 0.6 is 0 Å². The van der Waals surface area contributed by atoms with E-state index in [1.165, 1.54) is 0 Å². The van der Waals surface area contributed by atoms with Crippen LogP contribution < -0.4 is 11.0 Å². The second-order valence-corrected chi connectivity index (χ2v) is 6.27. The van der Waals surface area contributed by atoms with E-state index in [-0.39, 0.29) is 24.2 Å². The number of carbonyl (C=O) groups excluding carboxylic acids is 1. The van der Waals surface area contributed by atoms with Crippen molar-refractivity contribution in [3.05, 3.63) is 62.8 Å². The van der Waals surface area contributed by atoms with E-state index in [0.717, 1.165) is 22.4 Å². The smallest absolute Gasteiger partial charge is 0.345 e. The number of aromatic amines is 1. The molecule has 0 radical (unpaired) electrons. The van der Waals surface area contributed by atoms with Crippen LogP contribution in [0, 0.1) is 20.8 Å². The van der Waals surface area contributed by atoms with Gasteiger partial charge in [-0.3, -0.25) is 4.79 Å². The Balaban J connectivity index is 2.02. The number of aryl methyl sites for hydroxylation is 3. The molecule has 1 aromatic heterocycles. The van der Waals surface area contributed by atoms with E-state index >= 15 is 0 Å². The molecule has 134 valence electrons. The molecule has 0 spiro atoms. The quantitative estimate of drug-likeness (QED) is 0.715. The molecular weight excluding hydrogens is 318 g/mol. The fourth-order valence-electron chi connectivity index (χ4n) is 2.88. The van der Waals surface area contributed by atoms with Gasteiger partial charge in [0.2, 0.25) is 5.91 Å². The molecule has 1 heterocycles. The van der Waals surface area contributed by atoms with Gasteiger partial charge in [-0.2, -0.15) is 4.98 Å². The van der Waals surface area contributed by atoms with Crippen molar-refractivity contribution in [1.29, 1.82) is 0 Å². The van der Waals surface area contributed by atoms with E-state index in [0.29, 0.717) is 25.0 Å². The Bertz CT molecular complexity index is 755. The number of aliphatic hydroxyl groups excluding tert-OH is 1. The molecule has 0 aliphatic rings. The standard InChI is InChI=1S/C19H25N3O3/c1-12-4-6-15(7-5-12)17(10-11-23)22-18(24)9-8-16-13(2)20-19(25)21-14(16)3/h4-7,17,23H,8-11H2,1-3H3,(H,22,24)(H,20,21,25). The Morgan fingerprint density at radius 3 is 2.52 bits per heavy atom. The number of aliphatic hydroxyl groups is 1. The third kappa shape index (κ3) is 5.26. The number of carbonyl (C=O) groups is 1. The normalized spacial score (nSPS) is 12.0. The Labute approximate surface area is 147 Å². The first-order valence-corrected chi connectivity index (χ1v) is 8.44. The summed E-state index contributed by atoms with van der Waals surface area (Å²) in [7, 11) is 0. The van der Waals surface area contributed by atoms with Crippen LogP contribution in [0.15, 0.2) is 29.1 Å². The lowest BCUT2D eigenvalue weighted by molar-refractivity contribution is -0.121. The zero-order chi connectivity index (χ0) is 18.4. The van der Waals surface area contributed by atoms with Crippen LogP contribution in [-0.2, 0) is 11.2 Å². The molecule has 3 N–H and O–H groups in total. The number of benzene rings is 1. The van der Waals surface area contributed by atoms with Gasteiger partial charge in [0.15, 0.2) is 0 Å². The minimum Gasteiger partial charge on any atom is -0.396 e. The zero-order valence-electron chi connectivity index (χ0n) is 14.9. The van der Waals surface area contributed by atoms with Gasteiger partial charge >= 0.3 is 5.69 Å². The molecule has 0 aliphatic carbocycles. The van der Waals surface area contributed by atoms with E-state index in [4.69, 9.17) is 0 Å². The summed E-state index contributed by atoms with van der Waals surface area (Å²) in [6.45, 7) is 5.59. The van der Waals surface area contributed by atoms with Crippen LogP contribution in [0.1, 0.15) is 47.0 Å². The Morgan fingerprint density at radius 1 is 1.24 bits per heavy atom. The van der Waals surface area contributed by atoms with Gasteiger partial charge in [-0.05, 0) is 44.7 Å². The van der Waals surface area contributed by atoms with Gasteiger partial charge in [-0.1, -0.05) is 29.8 Å². The van der Waals surface area contributed by atoms with Gasteiger partial charge in [0, 0.05) is 24.4 Å². The zero-order valence-corrected chi connectivity index (χ0v) is 14.9. The van der Waals surface area contributed by atoms with Gasteiger partial charge in [0.1, 0.15) is 0 Å². The van der Waals surface area contributed by atoms with Crippen LogP contribution in [0.2, 0.25) is 0 Å². The lowest BCUT2D eigenvalue weighted by atomic mass is 10.0. The van der Waals surface area contributed by atoms with Crippen molar-refractivity contribution >= 4 is 5.91 Å². The van der Waals surface area contributed by atoms with Crippen LogP contribution in [0.3, 0.4) is 0 Å². The number of aromatic nitrogens is 2. The third-order valence-electron chi connectivity index (χ3n) is 4.29. The van der Waals surface area contributed by atoms with Crippen molar-refractivity contribution in [3.63, 3.8) is 0 Å². The molecule has 0 aliphatic heterocycles. The average Bonchev–Trinajstić information content (AvgIpc) is 2.54. The van der Waals surface area contributed by atoms with Crippen LogP contribution in [0.4, 0.5) is 0 Å². The molecule has 1 unspecified atom stereocenters. The second kappa shape index (κ2) is 8.58. The van der Waals surface area contributed by atoms with Crippen molar-refractivity contribution in [2.24, 2.45) is 0 Å². The van der Waals surface area contributed by atoms with Gasteiger partial charge in [0.05, 0.1) is 6.04 Å². The molecular formula is C19H25N3O3. The third-order valence-corrected chi connectivity index (χ3v) is 4.29. The Hall–Kier alpha value is -2.47. The topological polar surface area (TPSA) is 95.1 Å². The first-order valence-electron chi connectivity index (χ1n) is 8.44. The number of nitrogens with one attached hydrogen (secondary N) is 2. The highest BCUT2D eigenvalue weighted by Gasteiger charge is 2.15. The molecule has 1 amide bonds. The van der Waals surface area contributed by atoms with Crippen molar-refractivity contribution in [2.75, 3.05) is 6.61 Å². The maximum absolute atomic E-state index is 12.3. The predicted octanol–water partition coefficient (Wildman–Crippen LogP) is 1.87. The summed E-state index contributed by atoms with van der Waals surface area (Å²) in [4.78, 5) is 30.2. The summed E-state index contributed by atoms with van der Waals surface area (Å²) in [5, 5.41) is 12.3. The van der Waals surface area contributed by atoms with Crippen molar-refractivity contribution in [2.45, 2.75) is 46.1 Å². The molecule has 0 saturated heterocycles. The van der Waals surface area contributed by atoms with E-state index in [1.807, 2.05) is 38.1 Å². The number of nitrogens with zero attached hydrogens (tertiary/aromatic N) is 1. The molecule has 25 heavy (non-hydrogen) atoms. The predicted molar refractivity (Wildman–Crippen MR) is 96.4 cm³/mol. The lowest BCUT2D eigenvalue weighted by Gasteiger charge is -2.19. The van der Waals surface area contributed by atoms with E-state index in [9.17, 15) is 14.7 Å². The minimum atomic E-state index is -0.370. The number of hydrogen-bond donors (Lipinski definition) is 3. The fraction of sp³-hybridized carbons (Fsp3) is 0.421. The molecule has 0 fully saturated rings. The number of H-pyrrole nitrogens is 1. The highest BCUT2D eigenvalue weighted by atomic mass is 16.3. The molecule has 2 aromatic rings. The molecule has 1 atom stereocenters. The highest BCUT2D eigenvalue weighted by Crippen LogP contribution is 2.18. The summed E-state index contributed by atoms with van der Waals surface area (Å²) in [6.07, 6.45) is 1.27. The average molecular weight is 343 g/mol. The summed E-state index contributed by atoms with van der Waals surface area (Å²) in [5.74, 6) is -0.0935. The Kier molecular flexibility index (Phi) is 6.47. The molecule has 0 bridgehead atoms. The largest absolute Gasteiger partial charge is 0.396 e. The summed E-state index contributed by atoms with van der Waals surface area (Å²) in [6, 6.07) is 7.70. The van der Waals surface area contributed by atoms with Gasteiger partial charge in [-0.15, -0.1) is 0 Å². The SMILES string of the molecule is Cc1ccc(C(CCO)NC(=O)CCc2c(C)nc(=O)[nH]c2C)cc1. The van der Waals surface area contributed by atoms with Crippen molar-refractivity contribution in [3.8, 4) is 0 Å². The lowest BCUT2D eigenvalue weighted by Crippen LogP contribution is -2.29. The highest BCUT2D eigenvalue weighted by molar-refractivity contribution is 5.76. The molecule has 1 aromatic carbocycles. The molecule has 6 heteroatoms. The maximum Gasteiger partial charge on any atom is 0.345 e. The maximum atomic E-state index is 12.3. The number of amides is 1. The van der Waals surface area contributed by atoms with Crippen molar-refractivity contribution in [1.82, 2.24) is 15.3 Å². The van der Waals surface area contributed by atoms with Crippen molar-refractivity contribution < 1.29 is 9.90 Å². The minimum absolute atomic E-state index is 0.000875. The summed E-state index contributed by atoms with van der Waals surface area (Å²) < 4.78 is 0. The molecule has 6 nitrogen and oxygen atoms in total. The number of hydrogen-bond acceptors (Lipinski definition) is 4. The van der Waals surface area contributed by atoms with E-state index in [1.54, 1.807) is 6.92 Å². The van der Waals surface area contributed by atoms with Gasteiger partial charge in [0.25, 0.3) is 0 Å². The fourth-order valence-corrected chi connectivity index (χ4v) is 2.88. The Morgan fingerprint density at radius 2 is 1.92 bits per heavy atom. The van der Waals surface area contributed by atoms with E-state index < -0.39 is 0 Å². The van der Waals surface area contributed by atoms with Crippen LogP contribution in [-0.4, -0.2) is 27.6 Å². The second-order valence-electron chi connectivity index (χ2n) is 6.27. The van der Waals surface area contributed by atoms with Crippen LogP contribution in [0.25, 0.3) is 0 Å².